The number of nitrogens with one attached hydrogen (secondary N) is 1. The fourth-order valence-electron chi connectivity index (χ4n) is 3.24. The predicted molar refractivity (Wildman–Crippen MR) is 85.0 cm³/mol. The standard InChI is InChI=1S/C17H27NO5/c1-4-13(5-2)23-15-8-12(17(20)21)6-11(7-14-9-22-14)16(15)18-10(3)19/h8,11,13-16H,4-7,9H2,1-3H3,(H,18,19)(H,20,21)/t11?,14?,15-,16?/m1/s1. The highest BCUT2D eigenvalue weighted by molar-refractivity contribution is 5.87. The Kier molecular flexibility index (Phi) is 6.18. The van der Waals surface area contributed by atoms with Gasteiger partial charge in [-0.1, -0.05) is 13.8 Å². The van der Waals surface area contributed by atoms with Crippen molar-refractivity contribution < 1.29 is 24.2 Å². The van der Waals surface area contributed by atoms with Gasteiger partial charge in [-0.15, -0.1) is 0 Å². The van der Waals surface area contributed by atoms with Crippen LogP contribution in [0.2, 0.25) is 0 Å². The van der Waals surface area contributed by atoms with Crippen LogP contribution in [-0.2, 0) is 19.1 Å². The highest BCUT2D eigenvalue weighted by Crippen LogP contribution is 2.34. The molecule has 2 rings (SSSR count). The molecule has 6 nitrogen and oxygen atoms in total. The SMILES string of the molecule is CCC(CC)O[C@@H]1C=C(C(=O)O)CC(CC2CO2)C1NC(C)=O. The van der Waals surface area contributed by atoms with Gasteiger partial charge in [0.1, 0.15) is 0 Å². The molecule has 1 fully saturated rings. The van der Waals surface area contributed by atoms with Crippen LogP contribution in [0.15, 0.2) is 11.6 Å². The van der Waals surface area contributed by atoms with Crippen LogP contribution in [0.3, 0.4) is 0 Å². The van der Waals surface area contributed by atoms with Crippen molar-refractivity contribution in [1.82, 2.24) is 5.32 Å². The summed E-state index contributed by atoms with van der Waals surface area (Å²) in [6, 6.07) is -0.208. The minimum Gasteiger partial charge on any atom is -0.478 e. The molecule has 0 aromatic rings. The maximum atomic E-state index is 11.6. The second kappa shape index (κ2) is 7.93. The number of ether oxygens (including phenoxy) is 2. The lowest BCUT2D eigenvalue weighted by atomic mass is 9.79. The van der Waals surface area contributed by atoms with E-state index in [-0.39, 0.29) is 30.1 Å². The fourth-order valence-corrected chi connectivity index (χ4v) is 3.24. The van der Waals surface area contributed by atoms with E-state index in [0.717, 1.165) is 19.3 Å². The molecule has 130 valence electrons. The minimum absolute atomic E-state index is 0.0156. The summed E-state index contributed by atoms with van der Waals surface area (Å²) in [5.74, 6) is -1.02. The van der Waals surface area contributed by atoms with E-state index >= 15 is 0 Å². The van der Waals surface area contributed by atoms with Crippen LogP contribution in [0.1, 0.15) is 46.5 Å². The predicted octanol–water partition coefficient (Wildman–Crippen LogP) is 1.88. The maximum Gasteiger partial charge on any atom is 0.331 e. The van der Waals surface area contributed by atoms with Gasteiger partial charge in [-0.3, -0.25) is 4.79 Å². The number of carbonyl (C=O) groups excluding carboxylic acids is 1. The summed E-state index contributed by atoms with van der Waals surface area (Å²) < 4.78 is 11.4. The maximum absolute atomic E-state index is 11.6. The van der Waals surface area contributed by atoms with Gasteiger partial charge in [-0.05, 0) is 37.7 Å². The monoisotopic (exact) mass is 325 g/mol. The van der Waals surface area contributed by atoms with Crippen LogP contribution in [0, 0.1) is 5.92 Å². The summed E-state index contributed by atoms with van der Waals surface area (Å²) in [7, 11) is 0. The molecule has 0 saturated carbocycles. The quantitative estimate of drug-likeness (QED) is 0.665. The van der Waals surface area contributed by atoms with Gasteiger partial charge in [-0.2, -0.15) is 0 Å². The van der Waals surface area contributed by atoms with Crippen LogP contribution >= 0.6 is 0 Å². The number of carbonyl (C=O) groups is 2. The van der Waals surface area contributed by atoms with E-state index in [0.29, 0.717) is 18.6 Å². The normalized spacial score (nSPS) is 30.0. The number of carboxylic acids is 1. The molecule has 1 saturated heterocycles. The summed E-state index contributed by atoms with van der Waals surface area (Å²) in [6.45, 7) is 6.28. The van der Waals surface area contributed by atoms with E-state index in [2.05, 4.69) is 5.32 Å². The van der Waals surface area contributed by atoms with Crippen LogP contribution in [-0.4, -0.2) is 47.9 Å². The number of hydrogen-bond donors (Lipinski definition) is 2. The molecule has 23 heavy (non-hydrogen) atoms. The van der Waals surface area contributed by atoms with Crippen molar-refractivity contribution in [3.05, 3.63) is 11.6 Å². The van der Waals surface area contributed by atoms with Gasteiger partial charge in [0.15, 0.2) is 0 Å². The zero-order valence-electron chi connectivity index (χ0n) is 14.1. The molecule has 6 heteroatoms. The number of epoxide rings is 1. The summed E-state index contributed by atoms with van der Waals surface area (Å²) in [6.07, 6.45) is 4.38. The number of rotatable bonds is 8. The molecular formula is C17H27NO5. The Hall–Kier alpha value is -1.40. The molecule has 4 atom stereocenters. The third kappa shape index (κ3) is 5.04. The molecule has 0 spiro atoms. The van der Waals surface area contributed by atoms with E-state index in [4.69, 9.17) is 9.47 Å². The summed E-state index contributed by atoms with van der Waals surface area (Å²) >= 11 is 0. The molecule has 0 bridgehead atoms. The van der Waals surface area contributed by atoms with Gasteiger partial charge in [0.2, 0.25) is 5.91 Å². The molecule has 1 aliphatic heterocycles. The number of aliphatic carboxylic acids is 1. The van der Waals surface area contributed by atoms with Crippen molar-refractivity contribution in [1.29, 1.82) is 0 Å². The average molecular weight is 325 g/mol. The fraction of sp³-hybridized carbons (Fsp3) is 0.765. The Morgan fingerprint density at radius 3 is 2.57 bits per heavy atom. The van der Waals surface area contributed by atoms with Crippen LogP contribution in [0.4, 0.5) is 0 Å². The molecule has 0 aromatic heterocycles. The zero-order valence-corrected chi connectivity index (χ0v) is 14.1. The van der Waals surface area contributed by atoms with E-state index in [9.17, 15) is 14.7 Å². The molecule has 1 amide bonds. The first-order valence-electron chi connectivity index (χ1n) is 8.42. The lowest BCUT2D eigenvalue weighted by Crippen LogP contribution is -2.51. The summed E-state index contributed by atoms with van der Waals surface area (Å²) in [5.41, 5.74) is 0.369. The van der Waals surface area contributed by atoms with Crippen molar-refractivity contribution in [2.75, 3.05) is 6.61 Å². The Labute approximate surface area is 137 Å². The topological polar surface area (TPSA) is 88.2 Å². The van der Waals surface area contributed by atoms with Crippen LogP contribution in [0.5, 0.6) is 0 Å². The molecule has 3 unspecified atom stereocenters. The Morgan fingerprint density at radius 1 is 1.43 bits per heavy atom. The van der Waals surface area contributed by atoms with Gasteiger partial charge < -0.3 is 19.9 Å². The first-order valence-corrected chi connectivity index (χ1v) is 8.42. The van der Waals surface area contributed by atoms with Crippen molar-refractivity contribution >= 4 is 11.9 Å². The van der Waals surface area contributed by atoms with Gasteiger partial charge in [0, 0.05) is 12.5 Å². The van der Waals surface area contributed by atoms with Crippen LogP contribution in [0.25, 0.3) is 0 Å². The molecular weight excluding hydrogens is 298 g/mol. The highest BCUT2D eigenvalue weighted by Gasteiger charge is 2.40. The van der Waals surface area contributed by atoms with Crippen molar-refractivity contribution in [3.8, 4) is 0 Å². The number of hydrogen-bond acceptors (Lipinski definition) is 4. The first-order chi connectivity index (χ1) is 10.9. The number of carboxylic acid groups (broad SMARTS) is 1. The summed E-state index contributed by atoms with van der Waals surface area (Å²) in [5, 5.41) is 12.4. The Morgan fingerprint density at radius 2 is 2.09 bits per heavy atom. The second-order valence-corrected chi connectivity index (χ2v) is 6.42. The second-order valence-electron chi connectivity index (χ2n) is 6.42. The molecule has 1 aliphatic carbocycles. The first kappa shape index (κ1) is 17.9. The third-order valence-electron chi connectivity index (χ3n) is 4.58. The lowest BCUT2D eigenvalue weighted by Gasteiger charge is -2.38. The molecule has 1 heterocycles. The minimum atomic E-state index is -0.911. The number of amides is 1. The molecule has 0 radical (unpaired) electrons. The van der Waals surface area contributed by atoms with E-state index in [1.54, 1.807) is 6.08 Å². The average Bonchev–Trinajstić information content (AvgIpc) is 3.30. The Bertz CT molecular complexity index is 468. The van der Waals surface area contributed by atoms with Gasteiger partial charge in [-0.25, -0.2) is 4.79 Å². The Balaban J connectivity index is 2.22. The van der Waals surface area contributed by atoms with Crippen molar-refractivity contribution in [2.45, 2.75) is 70.8 Å². The van der Waals surface area contributed by atoms with E-state index < -0.39 is 12.1 Å². The van der Waals surface area contributed by atoms with Gasteiger partial charge >= 0.3 is 5.97 Å². The van der Waals surface area contributed by atoms with Crippen LogP contribution < -0.4 is 5.32 Å². The smallest absolute Gasteiger partial charge is 0.331 e. The van der Waals surface area contributed by atoms with Crippen molar-refractivity contribution in [3.63, 3.8) is 0 Å². The molecule has 0 aromatic carbocycles. The highest BCUT2D eigenvalue weighted by atomic mass is 16.6. The molecule has 2 N–H and O–H groups in total. The van der Waals surface area contributed by atoms with Gasteiger partial charge in [0.25, 0.3) is 0 Å². The largest absolute Gasteiger partial charge is 0.478 e. The third-order valence-corrected chi connectivity index (χ3v) is 4.58. The lowest BCUT2D eigenvalue weighted by molar-refractivity contribution is -0.133. The molecule has 2 aliphatic rings. The van der Waals surface area contributed by atoms with Gasteiger partial charge in [0.05, 0.1) is 31.0 Å². The summed E-state index contributed by atoms with van der Waals surface area (Å²) in [4.78, 5) is 23.1. The van der Waals surface area contributed by atoms with E-state index in [1.807, 2.05) is 13.8 Å². The van der Waals surface area contributed by atoms with E-state index in [1.165, 1.54) is 6.92 Å². The van der Waals surface area contributed by atoms with Crippen molar-refractivity contribution in [2.24, 2.45) is 5.92 Å². The zero-order chi connectivity index (χ0) is 17.0.